The van der Waals surface area contributed by atoms with Crippen molar-refractivity contribution in [3.8, 4) is 0 Å². The summed E-state index contributed by atoms with van der Waals surface area (Å²) < 4.78 is 51.7. The Morgan fingerprint density at radius 3 is 2.38 bits per heavy atom. The first kappa shape index (κ1) is 15.3. The van der Waals surface area contributed by atoms with Crippen LogP contribution >= 0.6 is 11.8 Å². The Bertz CT molecular complexity index is 685. The van der Waals surface area contributed by atoms with Crippen LogP contribution < -0.4 is 5.73 Å². The zero-order chi connectivity index (χ0) is 15.6. The van der Waals surface area contributed by atoms with Gasteiger partial charge >= 0.3 is 6.18 Å². The highest BCUT2D eigenvalue weighted by Crippen LogP contribution is 2.34. The lowest BCUT2D eigenvalue weighted by Crippen LogP contribution is -2.16. The second kappa shape index (κ2) is 5.72. The fourth-order valence-electron chi connectivity index (χ4n) is 1.51. The molecular weight excluding hydrogens is 306 g/mol. The van der Waals surface area contributed by atoms with Gasteiger partial charge in [-0.25, -0.2) is 9.37 Å². The van der Waals surface area contributed by atoms with Gasteiger partial charge in [-0.05, 0) is 24.3 Å². The van der Waals surface area contributed by atoms with Crippen LogP contribution in [0.25, 0.3) is 0 Å². The Labute approximate surface area is 121 Å². The summed E-state index contributed by atoms with van der Waals surface area (Å²) in [7, 11) is 0. The summed E-state index contributed by atoms with van der Waals surface area (Å²) in [5.41, 5.74) is 4.23. The Kier molecular flexibility index (Phi) is 4.17. The minimum absolute atomic E-state index is 0.0243. The monoisotopic (exact) mass is 315 g/mol. The lowest BCUT2D eigenvalue weighted by atomic mass is 10.2. The van der Waals surface area contributed by atoms with Gasteiger partial charge in [0.15, 0.2) is 0 Å². The summed E-state index contributed by atoms with van der Waals surface area (Å²) in [4.78, 5) is 3.56. The lowest BCUT2D eigenvalue weighted by Gasteiger charge is -2.11. The smallest absolute Gasteiger partial charge is 0.384 e. The summed E-state index contributed by atoms with van der Waals surface area (Å²) in [6, 6.07) is 7.40. The van der Waals surface area contributed by atoms with Crippen molar-refractivity contribution in [2.75, 3.05) is 0 Å². The van der Waals surface area contributed by atoms with Crippen molar-refractivity contribution in [3.63, 3.8) is 0 Å². The number of nitrogens with two attached hydrogens (primary N) is 1. The van der Waals surface area contributed by atoms with E-state index in [1.165, 1.54) is 18.2 Å². The maximum absolute atomic E-state index is 13.6. The molecule has 3 nitrogen and oxygen atoms in total. The van der Waals surface area contributed by atoms with Gasteiger partial charge in [0.1, 0.15) is 22.4 Å². The number of nitrogens with zero attached hydrogens (tertiary/aromatic N) is 1. The third-order valence-corrected chi connectivity index (χ3v) is 3.54. The predicted molar refractivity (Wildman–Crippen MR) is 70.8 cm³/mol. The van der Waals surface area contributed by atoms with Crippen LogP contribution in [0, 0.1) is 11.2 Å². The molecule has 0 bridgehead atoms. The number of hydrogen-bond donors (Lipinski definition) is 2. The van der Waals surface area contributed by atoms with Crippen LogP contribution in [0.2, 0.25) is 0 Å². The summed E-state index contributed by atoms with van der Waals surface area (Å²) in [5, 5.41) is 7.21. The molecule has 0 amide bonds. The van der Waals surface area contributed by atoms with E-state index >= 15 is 0 Å². The highest BCUT2D eigenvalue weighted by atomic mass is 32.2. The van der Waals surface area contributed by atoms with Crippen LogP contribution in [-0.2, 0) is 6.18 Å². The average molecular weight is 315 g/mol. The second-order valence-corrected chi connectivity index (χ2v) is 5.02. The van der Waals surface area contributed by atoms with E-state index < -0.39 is 23.5 Å². The standard InChI is InChI=1S/C13H9F4N3S/c14-8-3-1-2-4-9(8)21-12-7(11(18)19)5-6-10(20-12)13(15,16)17/h1-6H,(H3,18,19). The minimum atomic E-state index is -4.63. The molecule has 0 unspecified atom stereocenters. The molecule has 0 atom stereocenters. The van der Waals surface area contributed by atoms with Gasteiger partial charge in [-0.3, -0.25) is 5.41 Å². The molecular formula is C13H9F4N3S. The molecule has 110 valence electrons. The van der Waals surface area contributed by atoms with Gasteiger partial charge in [-0.1, -0.05) is 23.9 Å². The van der Waals surface area contributed by atoms with E-state index in [4.69, 9.17) is 11.1 Å². The first-order valence-electron chi connectivity index (χ1n) is 5.64. The Balaban J connectivity index is 2.49. The van der Waals surface area contributed by atoms with E-state index in [-0.39, 0.29) is 15.5 Å². The molecule has 0 aliphatic rings. The van der Waals surface area contributed by atoms with Crippen LogP contribution in [0.15, 0.2) is 46.3 Å². The molecule has 0 fully saturated rings. The SMILES string of the molecule is N=C(N)c1ccc(C(F)(F)F)nc1Sc1ccccc1F. The summed E-state index contributed by atoms with van der Waals surface area (Å²) in [5.74, 6) is -1.02. The highest BCUT2D eigenvalue weighted by molar-refractivity contribution is 7.99. The van der Waals surface area contributed by atoms with Crippen molar-refractivity contribution in [1.82, 2.24) is 4.98 Å². The average Bonchev–Trinajstić information content (AvgIpc) is 2.40. The van der Waals surface area contributed by atoms with Crippen LogP contribution in [0.4, 0.5) is 17.6 Å². The van der Waals surface area contributed by atoms with E-state index in [0.29, 0.717) is 11.8 Å². The third-order valence-electron chi connectivity index (χ3n) is 2.48. The molecule has 1 heterocycles. The van der Waals surface area contributed by atoms with Gasteiger partial charge in [0, 0.05) is 10.5 Å². The van der Waals surface area contributed by atoms with E-state index in [0.717, 1.165) is 12.1 Å². The molecule has 3 N–H and O–H groups in total. The van der Waals surface area contributed by atoms with Gasteiger partial charge < -0.3 is 5.73 Å². The molecule has 0 aliphatic carbocycles. The van der Waals surface area contributed by atoms with Gasteiger partial charge in [0.25, 0.3) is 0 Å². The van der Waals surface area contributed by atoms with E-state index in [1.54, 1.807) is 6.07 Å². The van der Waals surface area contributed by atoms with Gasteiger partial charge in [0.05, 0.1) is 0 Å². The molecule has 1 aromatic carbocycles. The van der Waals surface area contributed by atoms with Crippen LogP contribution in [0.1, 0.15) is 11.3 Å². The number of nitrogen functional groups attached to an aromatic ring is 1. The number of halogens is 4. The summed E-state index contributed by atoms with van der Waals surface area (Å²) >= 11 is 0.692. The fraction of sp³-hybridized carbons (Fsp3) is 0.0769. The molecule has 8 heteroatoms. The van der Waals surface area contributed by atoms with Crippen molar-refractivity contribution in [2.24, 2.45) is 5.73 Å². The van der Waals surface area contributed by atoms with Gasteiger partial charge in [-0.15, -0.1) is 0 Å². The first-order chi connectivity index (χ1) is 9.79. The molecule has 2 rings (SSSR count). The van der Waals surface area contributed by atoms with Crippen molar-refractivity contribution in [3.05, 3.63) is 53.5 Å². The van der Waals surface area contributed by atoms with Crippen LogP contribution in [-0.4, -0.2) is 10.8 Å². The summed E-state index contributed by atoms with van der Waals surface area (Å²) in [6.07, 6.45) is -4.63. The molecule has 0 saturated carbocycles. The normalized spacial score (nSPS) is 11.4. The first-order valence-corrected chi connectivity index (χ1v) is 6.45. The van der Waals surface area contributed by atoms with Gasteiger partial charge in [-0.2, -0.15) is 13.2 Å². The number of alkyl halides is 3. The van der Waals surface area contributed by atoms with Gasteiger partial charge in [0.2, 0.25) is 0 Å². The number of hydrogen-bond acceptors (Lipinski definition) is 3. The number of benzene rings is 1. The number of amidine groups is 1. The van der Waals surface area contributed by atoms with E-state index in [9.17, 15) is 17.6 Å². The molecule has 2 aromatic rings. The van der Waals surface area contributed by atoms with E-state index in [2.05, 4.69) is 4.98 Å². The molecule has 0 spiro atoms. The quantitative estimate of drug-likeness (QED) is 0.516. The molecule has 0 radical (unpaired) electrons. The summed E-state index contributed by atoms with van der Waals surface area (Å²) in [6.45, 7) is 0. The van der Waals surface area contributed by atoms with Crippen LogP contribution in [0.5, 0.6) is 0 Å². The Morgan fingerprint density at radius 2 is 1.81 bits per heavy atom. The molecule has 0 saturated heterocycles. The largest absolute Gasteiger partial charge is 0.433 e. The highest BCUT2D eigenvalue weighted by Gasteiger charge is 2.33. The maximum Gasteiger partial charge on any atom is 0.433 e. The number of nitrogens with one attached hydrogen (secondary N) is 1. The fourth-order valence-corrected chi connectivity index (χ4v) is 2.47. The zero-order valence-corrected chi connectivity index (χ0v) is 11.2. The topological polar surface area (TPSA) is 62.8 Å². The lowest BCUT2D eigenvalue weighted by molar-refractivity contribution is -0.141. The molecule has 21 heavy (non-hydrogen) atoms. The number of rotatable bonds is 3. The molecule has 1 aromatic heterocycles. The number of aromatic nitrogens is 1. The zero-order valence-electron chi connectivity index (χ0n) is 10.4. The predicted octanol–water partition coefficient (Wildman–Crippen LogP) is 3.67. The van der Waals surface area contributed by atoms with Crippen molar-refractivity contribution >= 4 is 17.6 Å². The minimum Gasteiger partial charge on any atom is -0.384 e. The number of pyridine rings is 1. The third kappa shape index (κ3) is 3.52. The Morgan fingerprint density at radius 1 is 1.14 bits per heavy atom. The Hall–Kier alpha value is -2.09. The van der Waals surface area contributed by atoms with Crippen LogP contribution in [0.3, 0.4) is 0 Å². The van der Waals surface area contributed by atoms with Crippen molar-refractivity contribution in [1.29, 1.82) is 5.41 Å². The maximum atomic E-state index is 13.6. The molecule has 0 aliphatic heterocycles. The van der Waals surface area contributed by atoms with Crippen molar-refractivity contribution in [2.45, 2.75) is 16.1 Å². The van der Waals surface area contributed by atoms with E-state index in [1.807, 2.05) is 0 Å². The second-order valence-electron chi connectivity index (χ2n) is 3.99. The van der Waals surface area contributed by atoms with Crippen molar-refractivity contribution < 1.29 is 17.6 Å².